The molecule has 0 aliphatic carbocycles. The third kappa shape index (κ3) is 3.98. The van der Waals surface area contributed by atoms with Crippen molar-refractivity contribution in [2.45, 2.75) is 38.8 Å². The summed E-state index contributed by atoms with van der Waals surface area (Å²) in [6, 6.07) is 6.01. The fraction of sp³-hybridized carbons (Fsp3) is 0.400. The number of carbonyl (C=O) groups excluding carboxylic acids is 3. The zero-order valence-electron chi connectivity index (χ0n) is 12.5. The van der Waals surface area contributed by atoms with Gasteiger partial charge in [0, 0.05) is 11.7 Å². The molecule has 120 valence electrons. The zero-order valence-corrected chi connectivity index (χ0v) is 13.4. The Labute approximate surface area is 135 Å². The Bertz CT molecular complexity index is 572. The van der Waals surface area contributed by atoms with Crippen molar-refractivity contribution < 1.29 is 14.4 Å². The van der Waals surface area contributed by atoms with Gasteiger partial charge in [0.05, 0.1) is 12.8 Å². The van der Waals surface area contributed by atoms with Gasteiger partial charge >= 0.3 is 0 Å². The van der Waals surface area contributed by atoms with Gasteiger partial charge in [-0.25, -0.2) is 0 Å². The predicted octanol–water partition coefficient (Wildman–Crippen LogP) is 0.885. The number of nitrogen functional groups attached to an aromatic ring is 1. The van der Waals surface area contributed by atoms with Gasteiger partial charge in [-0.05, 0) is 31.5 Å². The Morgan fingerprint density at radius 2 is 1.91 bits per heavy atom. The molecule has 1 aliphatic rings. The van der Waals surface area contributed by atoms with Crippen LogP contribution in [0.2, 0.25) is 0 Å². The Balaban J connectivity index is 0.00000242. The number of amides is 3. The van der Waals surface area contributed by atoms with Crippen LogP contribution in [-0.4, -0.2) is 34.7 Å². The van der Waals surface area contributed by atoms with Crippen LogP contribution in [0.5, 0.6) is 0 Å². The second-order valence-electron chi connectivity index (χ2n) is 5.44. The van der Waals surface area contributed by atoms with E-state index in [1.54, 1.807) is 38.1 Å². The fourth-order valence-corrected chi connectivity index (χ4v) is 2.37. The number of rotatable bonds is 4. The van der Waals surface area contributed by atoms with Crippen molar-refractivity contribution >= 4 is 35.8 Å². The lowest BCUT2D eigenvalue weighted by Crippen LogP contribution is -2.44. The number of likely N-dealkylation sites (tertiary alicyclic amines) is 1. The number of nitrogens with one attached hydrogen (secondary N) is 1. The largest absolute Gasteiger partial charge is 0.399 e. The normalized spacial score (nSPS) is 17.6. The number of nitrogens with two attached hydrogens (primary N) is 1. The smallest absolute Gasteiger partial charge is 0.252 e. The highest BCUT2D eigenvalue weighted by atomic mass is 35.5. The van der Waals surface area contributed by atoms with E-state index < -0.39 is 6.04 Å². The second kappa shape index (κ2) is 7.26. The first-order valence-corrected chi connectivity index (χ1v) is 6.88. The number of carbonyl (C=O) groups is 3. The zero-order chi connectivity index (χ0) is 15.6. The van der Waals surface area contributed by atoms with E-state index in [1.165, 1.54) is 4.90 Å². The van der Waals surface area contributed by atoms with E-state index in [0.29, 0.717) is 5.69 Å². The molecule has 1 aliphatic heterocycles. The molecule has 1 aromatic carbocycles. The molecule has 7 heteroatoms. The number of hydrogen-bond donors (Lipinski definition) is 2. The van der Waals surface area contributed by atoms with Gasteiger partial charge in [-0.3, -0.25) is 19.3 Å². The minimum atomic E-state index is -0.749. The van der Waals surface area contributed by atoms with E-state index in [4.69, 9.17) is 5.73 Å². The summed E-state index contributed by atoms with van der Waals surface area (Å²) in [7, 11) is 0. The molecule has 1 heterocycles. The van der Waals surface area contributed by atoms with Crippen molar-refractivity contribution in [2.75, 3.05) is 5.73 Å². The molecule has 0 bridgehead atoms. The van der Waals surface area contributed by atoms with Crippen molar-refractivity contribution in [3.63, 3.8) is 0 Å². The molecule has 1 saturated heterocycles. The lowest BCUT2D eigenvalue weighted by molar-refractivity contribution is -0.141. The predicted molar refractivity (Wildman–Crippen MR) is 85.3 cm³/mol. The van der Waals surface area contributed by atoms with E-state index in [2.05, 4.69) is 5.32 Å². The molecule has 3 N–H and O–H groups in total. The maximum atomic E-state index is 12.1. The van der Waals surface area contributed by atoms with Crippen molar-refractivity contribution in [2.24, 2.45) is 0 Å². The number of nitrogens with zero attached hydrogens (tertiary/aromatic N) is 1. The maximum Gasteiger partial charge on any atom is 0.252 e. The third-order valence-corrected chi connectivity index (χ3v) is 3.38. The van der Waals surface area contributed by atoms with Gasteiger partial charge in [-0.2, -0.15) is 0 Å². The highest BCUT2D eigenvalue weighted by molar-refractivity contribution is 6.07. The van der Waals surface area contributed by atoms with Gasteiger partial charge in [0.2, 0.25) is 11.8 Å². The van der Waals surface area contributed by atoms with Crippen LogP contribution in [0.25, 0.3) is 0 Å². The van der Waals surface area contributed by atoms with Crippen LogP contribution in [0.3, 0.4) is 0 Å². The van der Waals surface area contributed by atoms with E-state index in [9.17, 15) is 14.4 Å². The molecule has 0 radical (unpaired) electrons. The minimum Gasteiger partial charge on any atom is -0.399 e. The monoisotopic (exact) mass is 325 g/mol. The summed E-state index contributed by atoms with van der Waals surface area (Å²) < 4.78 is 0. The van der Waals surface area contributed by atoms with Crippen molar-refractivity contribution in [3.8, 4) is 0 Å². The molecule has 3 amide bonds. The molecule has 22 heavy (non-hydrogen) atoms. The molecule has 1 aromatic rings. The molecule has 2 rings (SSSR count). The standard InChI is InChI=1S/C15H19N3O3.ClH/c1-9(2)18-14(20)8-12(15(18)21)17-13(19)7-10-3-5-11(16)6-4-10;/h3-6,9,12H,7-8,16H2,1-2H3,(H,17,19);1H. The van der Waals surface area contributed by atoms with E-state index >= 15 is 0 Å². The second-order valence-corrected chi connectivity index (χ2v) is 5.44. The van der Waals surface area contributed by atoms with Crippen LogP contribution >= 0.6 is 12.4 Å². The van der Waals surface area contributed by atoms with Gasteiger partial charge < -0.3 is 11.1 Å². The van der Waals surface area contributed by atoms with Crippen LogP contribution in [-0.2, 0) is 20.8 Å². The number of benzene rings is 1. The Kier molecular flexibility index (Phi) is 5.93. The summed E-state index contributed by atoms with van der Waals surface area (Å²) in [6.07, 6.45) is 0.185. The number of imide groups is 1. The SMILES string of the molecule is CC(C)N1C(=O)CC(NC(=O)Cc2ccc(N)cc2)C1=O.Cl. The maximum absolute atomic E-state index is 12.1. The molecule has 0 aromatic heterocycles. The fourth-order valence-electron chi connectivity index (χ4n) is 2.37. The van der Waals surface area contributed by atoms with E-state index in [-0.39, 0.29) is 49.0 Å². The van der Waals surface area contributed by atoms with E-state index in [1.807, 2.05) is 0 Å². The van der Waals surface area contributed by atoms with E-state index in [0.717, 1.165) is 5.56 Å². The number of hydrogen-bond acceptors (Lipinski definition) is 4. The van der Waals surface area contributed by atoms with Gasteiger partial charge in [-0.15, -0.1) is 12.4 Å². The van der Waals surface area contributed by atoms with Crippen molar-refractivity contribution in [1.82, 2.24) is 10.2 Å². The molecular formula is C15H20ClN3O3. The average Bonchev–Trinajstić information content (AvgIpc) is 2.67. The number of anilines is 1. The molecule has 1 atom stereocenters. The quantitative estimate of drug-likeness (QED) is 0.635. The molecule has 6 nitrogen and oxygen atoms in total. The molecule has 1 unspecified atom stereocenters. The third-order valence-electron chi connectivity index (χ3n) is 3.38. The highest BCUT2D eigenvalue weighted by Crippen LogP contribution is 2.16. The Hall–Kier alpha value is -2.08. The molecular weight excluding hydrogens is 306 g/mol. The van der Waals surface area contributed by atoms with Gasteiger partial charge in [0.1, 0.15) is 6.04 Å². The lowest BCUT2D eigenvalue weighted by Gasteiger charge is -2.19. The average molecular weight is 326 g/mol. The van der Waals surface area contributed by atoms with Crippen LogP contribution < -0.4 is 11.1 Å². The van der Waals surface area contributed by atoms with Crippen LogP contribution in [0, 0.1) is 0 Å². The summed E-state index contributed by atoms with van der Waals surface area (Å²) in [5.74, 6) is -0.857. The van der Waals surface area contributed by atoms with Crippen molar-refractivity contribution in [3.05, 3.63) is 29.8 Å². The molecule has 0 spiro atoms. The summed E-state index contributed by atoms with van der Waals surface area (Å²) in [5.41, 5.74) is 7.01. The summed E-state index contributed by atoms with van der Waals surface area (Å²) in [5, 5.41) is 2.62. The van der Waals surface area contributed by atoms with Crippen LogP contribution in [0.4, 0.5) is 5.69 Å². The van der Waals surface area contributed by atoms with Gasteiger partial charge in [0.25, 0.3) is 5.91 Å². The van der Waals surface area contributed by atoms with Crippen LogP contribution in [0.15, 0.2) is 24.3 Å². The van der Waals surface area contributed by atoms with Gasteiger partial charge in [0.15, 0.2) is 0 Å². The minimum absolute atomic E-state index is 0. The van der Waals surface area contributed by atoms with Gasteiger partial charge in [-0.1, -0.05) is 12.1 Å². The first-order chi connectivity index (χ1) is 9.88. The Morgan fingerprint density at radius 3 is 2.41 bits per heavy atom. The molecule has 1 fully saturated rings. The lowest BCUT2D eigenvalue weighted by atomic mass is 10.1. The summed E-state index contributed by atoms with van der Waals surface area (Å²) >= 11 is 0. The summed E-state index contributed by atoms with van der Waals surface area (Å²) in [4.78, 5) is 37.0. The highest BCUT2D eigenvalue weighted by Gasteiger charge is 2.40. The topological polar surface area (TPSA) is 92.5 Å². The van der Waals surface area contributed by atoms with Crippen LogP contribution in [0.1, 0.15) is 25.8 Å². The Morgan fingerprint density at radius 1 is 1.32 bits per heavy atom. The first kappa shape index (κ1) is 18.0. The molecule has 0 saturated carbocycles. The first-order valence-electron chi connectivity index (χ1n) is 6.88. The van der Waals surface area contributed by atoms with Crippen molar-refractivity contribution in [1.29, 1.82) is 0 Å². The summed E-state index contributed by atoms with van der Waals surface area (Å²) in [6.45, 7) is 3.54. The number of halogens is 1.